The van der Waals surface area contributed by atoms with Crippen molar-refractivity contribution in [1.82, 2.24) is 25.5 Å². The zero-order valence-corrected chi connectivity index (χ0v) is 13.7. The average Bonchev–Trinajstić information content (AvgIpc) is 3.24. The molecule has 1 atom stereocenters. The molecule has 0 aliphatic rings. The Hall–Kier alpha value is -2.81. The monoisotopic (exact) mass is 347 g/mol. The van der Waals surface area contributed by atoms with Crippen LogP contribution in [0.15, 0.2) is 36.0 Å². The molecule has 7 nitrogen and oxygen atoms in total. The Balaban J connectivity index is 1.85. The predicted octanol–water partition coefficient (Wildman–Crippen LogP) is 2.36. The SMILES string of the molecule is COc1cccc(F)c1[C@H](C)NC(=O)c1sccc1-n1cnnn1. The molecule has 3 rings (SSSR count). The number of aromatic nitrogens is 4. The normalized spacial score (nSPS) is 12.0. The van der Waals surface area contributed by atoms with E-state index in [1.165, 1.54) is 35.5 Å². The summed E-state index contributed by atoms with van der Waals surface area (Å²) in [4.78, 5) is 13.0. The van der Waals surface area contributed by atoms with E-state index in [4.69, 9.17) is 4.74 Å². The van der Waals surface area contributed by atoms with Gasteiger partial charge in [0.25, 0.3) is 5.91 Å². The number of thiophene rings is 1. The van der Waals surface area contributed by atoms with E-state index in [2.05, 4.69) is 20.8 Å². The second kappa shape index (κ2) is 6.75. The molecule has 0 unspecified atom stereocenters. The van der Waals surface area contributed by atoms with Crippen LogP contribution in [-0.4, -0.2) is 33.2 Å². The van der Waals surface area contributed by atoms with Gasteiger partial charge in [-0.3, -0.25) is 4.79 Å². The number of rotatable bonds is 5. The Bertz CT molecular complexity index is 849. The fourth-order valence-electron chi connectivity index (χ4n) is 2.37. The van der Waals surface area contributed by atoms with E-state index in [0.29, 0.717) is 21.9 Å². The maximum atomic E-state index is 14.1. The van der Waals surface area contributed by atoms with Gasteiger partial charge in [0.05, 0.1) is 24.4 Å². The number of nitrogens with one attached hydrogen (secondary N) is 1. The Morgan fingerprint density at radius 2 is 2.25 bits per heavy atom. The predicted molar refractivity (Wildman–Crippen MR) is 85.9 cm³/mol. The summed E-state index contributed by atoms with van der Waals surface area (Å²) in [5.74, 6) is -0.392. The summed E-state index contributed by atoms with van der Waals surface area (Å²) in [7, 11) is 1.46. The van der Waals surface area contributed by atoms with Gasteiger partial charge in [0.2, 0.25) is 0 Å². The first-order chi connectivity index (χ1) is 11.6. The van der Waals surface area contributed by atoms with Crippen LogP contribution in [0.25, 0.3) is 5.69 Å². The highest BCUT2D eigenvalue weighted by Crippen LogP contribution is 2.28. The molecular weight excluding hydrogens is 333 g/mol. The standard InChI is InChI=1S/C15H14FN5O2S/c1-9(13-10(16)4-3-5-12(13)23-2)18-15(22)14-11(6-7-24-14)21-8-17-19-20-21/h3-9H,1-2H3,(H,18,22)/t9-/m0/s1. The minimum Gasteiger partial charge on any atom is -0.496 e. The molecule has 0 bridgehead atoms. The number of hydrogen-bond donors (Lipinski definition) is 1. The molecule has 3 aromatic rings. The molecule has 2 heterocycles. The summed E-state index contributed by atoms with van der Waals surface area (Å²) in [5.41, 5.74) is 0.865. The molecule has 0 fully saturated rings. The van der Waals surface area contributed by atoms with Crippen molar-refractivity contribution in [3.8, 4) is 11.4 Å². The molecule has 124 valence electrons. The number of halogens is 1. The molecule has 0 saturated carbocycles. The molecule has 1 amide bonds. The number of amides is 1. The molecule has 24 heavy (non-hydrogen) atoms. The number of ether oxygens (including phenoxy) is 1. The molecular formula is C15H14FN5O2S. The fraction of sp³-hybridized carbons (Fsp3) is 0.200. The Morgan fingerprint density at radius 3 is 2.96 bits per heavy atom. The molecule has 9 heteroatoms. The highest BCUT2D eigenvalue weighted by Gasteiger charge is 2.22. The van der Waals surface area contributed by atoms with Crippen molar-refractivity contribution in [3.05, 3.63) is 52.2 Å². The van der Waals surface area contributed by atoms with Gasteiger partial charge >= 0.3 is 0 Å². The van der Waals surface area contributed by atoms with Crippen LogP contribution in [-0.2, 0) is 0 Å². The molecule has 1 aromatic carbocycles. The lowest BCUT2D eigenvalue weighted by Crippen LogP contribution is -2.27. The third kappa shape index (κ3) is 2.98. The second-order valence-electron chi connectivity index (χ2n) is 4.94. The molecule has 0 radical (unpaired) electrons. The molecule has 0 spiro atoms. The van der Waals surface area contributed by atoms with Gasteiger partial charge in [-0.1, -0.05) is 6.07 Å². The number of carbonyl (C=O) groups is 1. The summed E-state index contributed by atoms with van der Waals surface area (Å²) < 4.78 is 20.7. The lowest BCUT2D eigenvalue weighted by Gasteiger charge is -2.18. The summed E-state index contributed by atoms with van der Waals surface area (Å²) in [5, 5.41) is 15.5. The molecule has 0 saturated heterocycles. The van der Waals surface area contributed by atoms with Crippen LogP contribution in [0.3, 0.4) is 0 Å². The largest absolute Gasteiger partial charge is 0.496 e. The van der Waals surface area contributed by atoms with Crippen LogP contribution in [0.5, 0.6) is 5.75 Å². The summed E-state index contributed by atoms with van der Waals surface area (Å²) in [6.45, 7) is 1.70. The van der Waals surface area contributed by atoms with Crippen molar-refractivity contribution >= 4 is 17.2 Å². The van der Waals surface area contributed by atoms with Crippen LogP contribution >= 0.6 is 11.3 Å². The Morgan fingerprint density at radius 1 is 1.42 bits per heavy atom. The topological polar surface area (TPSA) is 81.9 Å². The maximum Gasteiger partial charge on any atom is 0.264 e. The van der Waals surface area contributed by atoms with E-state index in [0.717, 1.165) is 0 Å². The average molecular weight is 347 g/mol. The minimum absolute atomic E-state index is 0.300. The van der Waals surface area contributed by atoms with E-state index in [1.807, 2.05) is 0 Å². The zero-order chi connectivity index (χ0) is 17.1. The third-order valence-corrected chi connectivity index (χ3v) is 4.36. The number of methoxy groups -OCH3 is 1. The van der Waals surface area contributed by atoms with E-state index >= 15 is 0 Å². The number of benzene rings is 1. The van der Waals surface area contributed by atoms with Crippen molar-refractivity contribution < 1.29 is 13.9 Å². The smallest absolute Gasteiger partial charge is 0.264 e. The summed E-state index contributed by atoms with van der Waals surface area (Å²) in [6.07, 6.45) is 1.40. The molecule has 1 N–H and O–H groups in total. The van der Waals surface area contributed by atoms with Gasteiger partial charge in [-0.25, -0.2) is 4.39 Å². The van der Waals surface area contributed by atoms with Gasteiger partial charge in [-0.2, -0.15) is 4.68 Å². The number of hydrogen-bond acceptors (Lipinski definition) is 6. The lowest BCUT2D eigenvalue weighted by molar-refractivity contribution is 0.0943. The fourth-order valence-corrected chi connectivity index (χ4v) is 3.16. The number of tetrazole rings is 1. The maximum absolute atomic E-state index is 14.1. The first kappa shape index (κ1) is 16.1. The highest BCUT2D eigenvalue weighted by molar-refractivity contribution is 7.12. The van der Waals surface area contributed by atoms with E-state index in [9.17, 15) is 9.18 Å². The number of carbonyl (C=O) groups excluding carboxylic acids is 1. The lowest BCUT2D eigenvalue weighted by atomic mass is 10.1. The van der Waals surface area contributed by atoms with Gasteiger partial charge in [0.1, 0.15) is 22.8 Å². The zero-order valence-electron chi connectivity index (χ0n) is 12.9. The van der Waals surface area contributed by atoms with Crippen LogP contribution in [0.2, 0.25) is 0 Å². The van der Waals surface area contributed by atoms with Gasteiger partial charge in [-0.05, 0) is 40.9 Å². The summed E-state index contributed by atoms with van der Waals surface area (Å²) >= 11 is 1.25. The van der Waals surface area contributed by atoms with Gasteiger partial charge in [0.15, 0.2) is 0 Å². The van der Waals surface area contributed by atoms with E-state index < -0.39 is 11.9 Å². The summed E-state index contributed by atoms with van der Waals surface area (Å²) in [6, 6.07) is 5.71. The van der Waals surface area contributed by atoms with Crippen LogP contribution in [0, 0.1) is 5.82 Å². The van der Waals surface area contributed by atoms with E-state index in [-0.39, 0.29) is 5.91 Å². The van der Waals surface area contributed by atoms with E-state index in [1.54, 1.807) is 30.5 Å². The highest BCUT2D eigenvalue weighted by atomic mass is 32.1. The van der Waals surface area contributed by atoms with Crippen LogP contribution in [0.4, 0.5) is 4.39 Å². The Kier molecular flexibility index (Phi) is 4.52. The van der Waals surface area contributed by atoms with Gasteiger partial charge in [0, 0.05) is 0 Å². The second-order valence-corrected chi connectivity index (χ2v) is 5.86. The van der Waals surface area contributed by atoms with Crippen molar-refractivity contribution in [1.29, 1.82) is 0 Å². The van der Waals surface area contributed by atoms with Crippen LogP contribution < -0.4 is 10.1 Å². The van der Waals surface area contributed by atoms with Gasteiger partial charge in [-0.15, -0.1) is 16.4 Å². The molecule has 0 aliphatic carbocycles. The first-order valence-corrected chi connectivity index (χ1v) is 7.94. The van der Waals surface area contributed by atoms with Gasteiger partial charge < -0.3 is 10.1 Å². The molecule has 0 aliphatic heterocycles. The quantitative estimate of drug-likeness (QED) is 0.766. The molecule has 2 aromatic heterocycles. The first-order valence-electron chi connectivity index (χ1n) is 7.06. The van der Waals surface area contributed by atoms with Crippen molar-refractivity contribution in [2.45, 2.75) is 13.0 Å². The van der Waals surface area contributed by atoms with Crippen molar-refractivity contribution in [2.75, 3.05) is 7.11 Å². The minimum atomic E-state index is -0.572. The number of nitrogens with zero attached hydrogens (tertiary/aromatic N) is 4. The van der Waals surface area contributed by atoms with Crippen molar-refractivity contribution in [3.63, 3.8) is 0 Å². The van der Waals surface area contributed by atoms with Crippen LogP contribution in [0.1, 0.15) is 28.2 Å². The third-order valence-electron chi connectivity index (χ3n) is 3.46. The Labute approximate surface area is 141 Å². The van der Waals surface area contributed by atoms with Crippen molar-refractivity contribution in [2.24, 2.45) is 0 Å².